The summed E-state index contributed by atoms with van der Waals surface area (Å²) in [4.78, 5) is 18.8. The molecule has 2 heterocycles. The summed E-state index contributed by atoms with van der Waals surface area (Å²) >= 11 is 0. The Morgan fingerprint density at radius 3 is 2.55 bits per heavy atom. The summed E-state index contributed by atoms with van der Waals surface area (Å²) in [6.45, 7) is 3.81. The molecule has 1 aliphatic heterocycles. The molecule has 0 unspecified atom stereocenters. The highest BCUT2D eigenvalue weighted by molar-refractivity contribution is 7.89. The van der Waals surface area contributed by atoms with Crippen LogP contribution < -0.4 is 10.2 Å². The molecule has 0 aliphatic carbocycles. The average molecular weight is 467 g/mol. The summed E-state index contributed by atoms with van der Waals surface area (Å²) in [5, 5.41) is 2.62. The Kier molecular flexibility index (Phi) is 6.67. The summed E-state index contributed by atoms with van der Waals surface area (Å²) in [7, 11) is -3.55. The summed E-state index contributed by atoms with van der Waals surface area (Å²) in [6.07, 6.45) is 7.13. The molecule has 172 valence electrons. The molecule has 1 fully saturated rings. The number of amides is 1. The van der Waals surface area contributed by atoms with Gasteiger partial charge in [-0.2, -0.15) is 9.29 Å². The van der Waals surface area contributed by atoms with Crippen LogP contribution in [-0.4, -0.2) is 56.3 Å². The van der Waals surface area contributed by atoms with E-state index in [9.17, 15) is 13.2 Å². The molecule has 4 rings (SSSR count). The van der Waals surface area contributed by atoms with E-state index in [2.05, 4.69) is 23.1 Å². The molecule has 1 aliphatic rings. The van der Waals surface area contributed by atoms with Crippen molar-refractivity contribution in [3.05, 3.63) is 53.6 Å². The van der Waals surface area contributed by atoms with E-state index in [0.717, 1.165) is 18.4 Å². The molecule has 8 nitrogen and oxygen atoms in total. The third-order valence-corrected chi connectivity index (χ3v) is 7.51. The van der Waals surface area contributed by atoms with Gasteiger partial charge in [-0.3, -0.25) is 4.79 Å². The molecule has 3 aromatic rings. The normalized spacial score (nSPS) is 14.8. The molecule has 0 atom stereocenters. The summed E-state index contributed by atoms with van der Waals surface area (Å²) in [5.41, 5.74) is 2.69. The first kappa shape index (κ1) is 22.8. The Balaban J connectivity index is 1.44. The topological polar surface area (TPSA) is 95.8 Å². The number of nitrogens with one attached hydrogen (secondary N) is 1. The third kappa shape index (κ3) is 4.87. The van der Waals surface area contributed by atoms with Gasteiger partial charge in [-0.25, -0.2) is 8.42 Å². The standard InChI is InChI=1S/C24H26N4O4S/c1-3-5-18-6-9-20(10-7-18)33(30,31)28-15-13-27(14-16-28)24-26-21-17-19(8-11-22(21)32-24)23(29)25-12-4-2/h2,6-11,17H,3,5,12-16H2,1H3,(H,25,29). The minimum absolute atomic E-state index is 0.150. The summed E-state index contributed by atoms with van der Waals surface area (Å²) in [6, 6.07) is 12.5. The number of rotatable bonds is 7. The van der Waals surface area contributed by atoms with Crippen molar-refractivity contribution in [3.63, 3.8) is 0 Å². The lowest BCUT2D eigenvalue weighted by Crippen LogP contribution is -2.48. The van der Waals surface area contributed by atoms with Crippen LogP contribution in [0.15, 0.2) is 51.8 Å². The van der Waals surface area contributed by atoms with Crippen molar-refractivity contribution in [3.8, 4) is 12.3 Å². The number of oxazole rings is 1. The second-order valence-corrected chi connectivity index (χ2v) is 9.79. The first-order valence-corrected chi connectivity index (χ1v) is 12.3. The lowest BCUT2D eigenvalue weighted by molar-refractivity contribution is 0.0959. The quantitative estimate of drug-likeness (QED) is 0.538. The van der Waals surface area contributed by atoms with Crippen LogP contribution in [0.1, 0.15) is 29.3 Å². The van der Waals surface area contributed by atoms with Crippen molar-refractivity contribution >= 4 is 33.0 Å². The highest BCUT2D eigenvalue weighted by Crippen LogP contribution is 2.25. The number of carbonyl (C=O) groups is 1. The Bertz CT molecular complexity index is 1280. The van der Waals surface area contributed by atoms with Gasteiger partial charge in [-0.1, -0.05) is 31.4 Å². The van der Waals surface area contributed by atoms with Crippen molar-refractivity contribution in [2.24, 2.45) is 0 Å². The Morgan fingerprint density at radius 2 is 1.88 bits per heavy atom. The number of carbonyl (C=O) groups excluding carboxylic acids is 1. The van der Waals surface area contributed by atoms with Crippen molar-refractivity contribution in [2.75, 3.05) is 37.6 Å². The van der Waals surface area contributed by atoms with Gasteiger partial charge < -0.3 is 14.6 Å². The number of nitrogens with zero attached hydrogens (tertiary/aromatic N) is 3. The molecule has 0 spiro atoms. The Morgan fingerprint density at radius 1 is 1.15 bits per heavy atom. The minimum Gasteiger partial charge on any atom is -0.423 e. The van der Waals surface area contributed by atoms with E-state index < -0.39 is 10.0 Å². The number of aromatic nitrogens is 1. The molecule has 1 N–H and O–H groups in total. The predicted molar refractivity (Wildman–Crippen MR) is 127 cm³/mol. The zero-order valence-electron chi connectivity index (χ0n) is 18.5. The maximum Gasteiger partial charge on any atom is 0.298 e. The average Bonchev–Trinajstić information content (AvgIpc) is 3.26. The molecule has 9 heteroatoms. The highest BCUT2D eigenvalue weighted by Gasteiger charge is 2.30. The SMILES string of the molecule is C#CCNC(=O)c1ccc2oc(N3CCN(S(=O)(=O)c4ccc(CCC)cc4)CC3)nc2c1. The number of terminal acetylenes is 1. The first-order chi connectivity index (χ1) is 15.9. The fourth-order valence-electron chi connectivity index (χ4n) is 3.81. The number of piperazine rings is 1. The molecular weight excluding hydrogens is 440 g/mol. The summed E-state index contributed by atoms with van der Waals surface area (Å²) < 4.78 is 33.4. The monoisotopic (exact) mass is 466 g/mol. The van der Waals surface area contributed by atoms with E-state index in [1.165, 1.54) is 4.31 Å². The molecule has 1 amide bonds. The second kappa shape index (κ2) is 9.65. The van der Waals surface area contributed by atoms with Gasteiger partial charge in [0.15, 0.2) is 5.58 Å². The van der Waals surface area contributed by atoms with Crippen LogP contribution >= 0.6 is 0 Å². The van der Waals surface area contributed by atoms with Crippen molar-refractivity contribution in [1.29, 1.82) is 0 Å². The number of aryl methyl sites for hydroxylation is 1. The first-order valence-electron chi connectivity index (χ1n) is 10.9. The Labute approximate surface area is 193 Å². The van der Waals surface area contributed by atoms with Gasteiger partial charge >= 0.3 is 0 Å². The number of sulfonamides is 1. The van der Waals surface area contributed by atoms with Crippen LogP contribution in [0.5, 0.6) is 0 Å². The Hall–Kier alpha value is -3.35. The molecule has 0 bridgehead atoms. The van der Waals surface area contributed by atoms with Gasteiger partial charge in [0.05, 0.1) is 11.4 Å². The van der Waals surface area contributed by atoms with E-state index >= 15 is 0 Å². The van der Waals surface area contributed by atoms with E-state index in [-0.39, 0.29) is 12.5 Å². The van der Waals surface area contributed by atoms with Crippen LogP contribution in [0.3, 0.4) is 0 Å². The van der Waals surface area contributed by atoms with Crippen molar-refractivity contribution < 1.29 is 17.6 Å². The van der Waals surface area contributed by atoms with Crippen molar-refractivity contribution in [1.82, 2.24) is 14.6 Å². The molecule has 2 aromatic carbocycles. The molecular formula is C24H26N4O4S. The maximum absolute atomic E-state index is 13.0. The van der Waals surface area contributed by atoms with Crippen LogP contribution in [0.25, 0.3) is 11.1 Å². The lowest BCUT2D eigenvalue weighted by Gasteiger charge is -2.33. The van der Waals surface area contributed by atoms with Gasteiger partial charge in [0, 0.05) is 31.7 Å². The minimum atomic E-state index is -3.55. The van der Waals surface area contributed by atoms with Crippen LogP contribution in [-0.2, 0) is 16.4 Å². The smallest absolute Gasteiger partial charge is 0.298 e. The number of benzene rings is 2. The van der Waals surface area contributed by atoms with Crippen LogP contribution in [0, 0.1) is 12.3 Å². The van der Waals surface area contributed by atoms with Gasteiger partial charge in [0.25, 0.3) is 11.9 Å². The number of hydrogen-bond acceptors (Lipinski definition) is 6. The van der Waals surface area contributed by atoms with Crippen LogP contribution in [0.4, 0.5) is 6.01 Å². The largest absolute Gasteiger partial charge is 0.423 e. The highest BCUT2D eigenvalue weighted by atomic mass is 32.2. The van der Waals surface area contributed by atoms with Crippen LogP contribution in [0.2, 0.25) is 0 Å². The lowest BCUT2D eigenvalue weighted by atomic mass is 10.1. The summed E-state index contributed by atoms with van der Waals surface area (Å²) in [5.74, 6) is 2.09. The molecule has 33 heavy (non-hydrogen) atoms. The second-order valence-electron chi connectivity index (χ2n) is 7.85. The van der Waals surface area contributed by atoms with E-state index in [0.29, 0.717) is 53.8 Å². The van der Waals surface area contributed by atoms with Gasteiger partial charge in [-0.15, -0.1) is 6.42 Å². The zero-order valence-corrected chi connectivity index (χ0v) is 19.3. The van der Waals surface area contributed by atoms with Crippen molar-refractivity contribution in [2.45, 2.75) is 24.7 Å². The van der Waals surface area contributed by atoms with Gasteiger partial charge in [0.2, 0.25) is 10.0 Å². The molecule has 1 aromatic heterocycles. The molecule has 0 radical (unpaired) electrons. The third-order valence-electron chi connectivity index (χ3n) is 5.60. The van der Waals surface area contributed by atoms with E-state index in [4.69, 9.17) is 10.8 Å². The van der Waals surface area contributed by atoms with Gasteiger partial charge in [0.1, 0.15) is 5.52 Å². The maximum atomic E-state index is 13.0. The fraction of sp³-hybridized carbons (Fsp3) is 0.333. The fourth-order valence-corrected chi connectivity index (χ4v) is 5.23. The van der Waals surface area contributed by atoms with E-state index in [1.54, 1.807) is 30.3 Å². The van der Waals surface area contributed by atoms with E-state index in [1.807, 2.05) is 17.0 Å². The molecule has 0 saturated carbocycles. The number of hydrogen-bond donors (Lipinski definition) is 1. The van der Waals surface area contributed by atoms with Gasteiger partial charge in [-0.05, 0) is 42.3 Å². The molecule has 1 saturated heterocycles. The zero-order chi connectivity index (χ0) is 23.4. The number of anilines is 1. The number of fused-ring (bicyclic) bond motifs is 1. The predicted octanol–water partition coefficient (Wildman–Crippen LogP) is 2.65.